The van der Waals surface area contributed by atoms with Crippen LogP contribution in [0.3, 0.4) is 0 Å². The van der Waals surface area contributed by atoms with E-state index >= 15 is 0 Å². The maximum Gasteiger partial charge on any atom is 0.120 e. The van der Waals surface area contributed by atoms with Gasteiger partial charge in [0.05, 0.1) is 5.69 Å². The average molecular weight is 242 g/mol. The predicted octanol–water partition coefficient (Wildman–Crippen LogP) is 2.81. The second-order valence-electron chi connectivity index (χ2n) is 4.25. The maximum absolute atomic E-state index is 9.78. The van der Waals surface area contributed by atoms with E-state index in [0.29, 0.717) is 5.75 Å². The van der Waals surface area contributed by atoms with Gasteiger partial charge in [-0.1, -0.05) is 31.2 Å². The van der Waals surface area contributed by atoms with E-state index in [1.54, 1.807) is 6.07 Å². The summed E-state index contributed by atoms with van der Waals surface area (Å²) >= 11 is 0. The second kappa shape index (κ2) is 6.17. The van der Waals surface area contributed by atoms with Crippen LogP contribution in [0.5, 0.6) is 5.75 Å². The van der Waals surface area contributed by atoms with Crippen molar-refractivity contribution in [1.29, 1.82) is 0 Å². The predicted molar refractivity (Wildman–Crippen MR) is 72.1 cm³/mol. The number of pyridine rings is 1. The number of phenols is 1. The Kier molecular flexibility index (Phi) is 4.31. The van der Waals surface area contributed by atoms with E-state index in [2.05, 4.69) is 16.8 Å². The maximum atomic E-state index is 9.78. The lowest BCUT2D eigenvalue weighted by Crippen LogP contribution is -2.22. The summed E-state index contributed by atoms with van der Waals surface area (Å²) in [5, 5.41) is 9.78. The quantitative estimate of drug-likeness (QED) is 0.876. The molecule has 0 unspecified atom stereocenters. The molecule has 3 nitrogen and oxygen atoms in total. The molecule has 1 aromatic heterocycles. The van der Waals surface area contributed by atoms with Crippen LogP contribution in [-0.2, 0) is 13.1 Å². The summed E-state index contributed by atoms with van der Waals surface area (Å²) < 4.78 is 0. The molecule has 94 valence electrons. The Hall–Kier alpha value is -1.87. The molecule has 0 amide bonds. The molecule has 0 bridgehead atoms. The minimum absolute atomic E-state index is 0.358. The zero-order valence-corrected chi connectivity index (χ0v) is 10.6. The van der Waals surface area contributed by atoms with Crippen molar-refractivity contribution in [2.24, 2.45) is 0 Å². The van der Waals surface area contributed by atoms with Crippen LogP contribution in [0.1, 0.15) is 18.2 Å². The number of benzene rings is 1. The summed E-state index contributed by atoms with van der Waals surface area (Å²) in [6.07, 6.45) is 1.81. The number of aromatic nitrogens is 1. The molecule has 0 aliphatic heterocycles. The summed E-state index contributed by atoms with van der Waals surface area (Å²) in [6.45, 7) is 4.57. The van der Waals surface area contributed by atoms with Gasteiger partial charge in [0.1, 0.15) is 5.75 Å². The highest BCUT2D eigenvalue weighted by molar-refractivity contribution is 5.31. The van der Waals surface area contributed by atoms with Crippen LogP contribution in [0, 0.1) is 0 Å². The van der Waals surface area contributed by atoms with Gasteiger partial charge in [0.25, 0.3) is 0 Å². The fraction of sp³-hybridized carbons (Fsp3) is 0.267. The molecular formula is C15H18N2O. The van der Waals surface area contributed by atoms with E-state index in [1.165, 1.54) is 0 Å². The number of rotatable bonds is 5. The molecule has 0 aliphatic rings. The molecule has 0 saturated carbocycles. The molecule has 1 aromatic carbocycles. The Labute approximate surface area is 108 Å². The lowest BCUT2D eigenvalue weighted by molar-refractivity contribution is 0.264. The number of aromatic hydroxyl groups is 1. The minimum Gasteiger partial charge on any atom is -0.508 e. The fourth-order valence-corrected chi connectivity index (χ4v) is 1.89. The van der Waals surface area contributed by atoms with Crippen LogP contribution < -0.4 is 0 Å². The molecule has 1 heterocycles. The summed E-state index contributed by atoms with van der Waals surface area (Å²) in [7, 11) is 0. The third-order valence-corrected chi connectivity index (χ3v) is 2.94. The van der Waals surface area contributed by atoms with Crippen molar-refractivity contribution in [1.82, 2.24) is 9.88 Å². The van der Waals surface area contributed by atoms with E-state index in [1.807, 2.05) is 42.6 Å². The minimum atomic E-state index is 0.358. The van der Waals surface area contributed by atoms with Crippen molar-refractivity contribution in [2.75, 3.05) is 6.54 Å². The van der Waals surface area contributed by atoms with E-state index in [0.717, 1.165) is 30.9 Å². The van der Waals surface area contributed by atoms with Gasteiger partial charge in [-0.05, 0) is 24.7 Å². The first-order chi connectivity index (χ1) is 8.79. The number of nitrogens with zero attached hydrogens (tertiary/aromatic N) is 2. The van der Waals surface area contributed by atoms with Crippen LogP contribution in [0.25, 0.3) is 0 Å². The molecule has 2 aromatic rings. The topological polar surface area (TPSA) is 36.4 Å². The number of hydrogen-bond acceptors (Lipinski definition) is 3. The van der Waals surface area contributed by atoms with E-state index < -0.39 is 0 Å². The van der Waals surface area contributed by atoms with E-state index in [9.17, 15) is 5.11 Å². The molecular weight excluding hydrogens is 224 g/mol. The SMILES string of the molecule is CCN(Cc1ccccn1)Cc1ccccc1O. The van der Waals surface area contributed by atoms with Crippen molar-refractivity contribution in [3.63, 3.8) is 0 Å². The van der Waals surface area contributed by atoms with Gasteiger partial charge in [-0.25, -0.2) is 0 Å². The van der Waals surface area contributed by atoms with Crippen LogP contribution in [-0.4, -0.2) is 21.5 Å². The fourth-order valence-electron chi connectivity index (χ4n) is 1.89. The van der Waals surface area contributed by atoms with Crippen LogP contribution in [0.2, 0.25) is 0 Å². The van der Waals surface area contributed by atoms with Gasteiger partial charge in [0.2, 0.25) is 0 Å². The van der Waals surface area contributed by atoms with Gasteiger partial charge in [0, 0.05) is 24.8 Å². The van der Waals surface area contributed by atoms with Gasteiger partial charge in [-0.2, -0.15) is 0 Å². The summed E-state index contributed by atoms with van der Waals surface area (Å²) in [5.41, 5.74) is 2.00. The largest absolute Gasteiger partial charge is 0.508 e. The summed E-state index contributed by atoms with van der Waals surface area (Å²) in [4.78, 5) is 6.57. The first-order valence-electron chi connectivity index (χ1n) is 6.18. The molecule has 3 heteroatoms. The highest BCUT2D eigenvalue weighted by Gasteiger charge is 2.08. The van der Waals surface area contributed by atoms with Crippen molar-refractivity contribution >= 4 is 0 Å². The third-order valence-electron chi connectivity index (χ3n) is 2.94. The van der Waals surface area contributed by atoms with Crippen molar-refractivity contribution in [2.45, 2.75) is 20.0 Å². The smallest absolute Gasteiger partial charge is 0.120 e. The van der Waals surface area contributed by atoms with Gasteiger partial charge < -0.3 is 5.11 Å². The molecule has 0 aliphatic carbocycles. The molecule has 1 N–H and O–H groups in total. The number of hydrogen-bond donors (Lipinski definition) is 1. The Bertz CT molecular complexity index is 485. The molecule has 0 spiro atoms. The molecule has 0 fully saturated rings. The van der Waals surface area contributed by atoms with Gasteiger partial charge in [-0.3, -0.25) is 9.88 Å². The Morgan fingerprint density at radius 3 is 2.50 bits per heavy atom. The Morgan fingerprint density at radius 1 is 1.06 bits per heavy atom. The van der Waals surface area contributed by atoms with Crippen LogP contribution in [0.15, 0.2) is 48.7 Å². The number of phenolic OH excluding ortho intramolecular Hbond substituents is 1. The van der Waals surface area contributed by atoms with E-state index in [4.69, 9.17) is 0 Å². The van der Waals surface area contributed by atoms with Crippen LogP contribution >= 0.6 is 0 Å². The van der Waals surface area contributed by atoms with Crippen LogP contribution in [0.4, 0.5) is 0 Å². The highest BCUT2D eigenvalue weighted by Crippen LogP contribution is 2.18. The van der Waals surface area contributed by atoms with E-state index in [-0.39, 0.29) is 0 Å². The first kappa shape index (κ1) is 12.6. The Balaban J connectivity index is 2.04. The number of para-hydroxylation sites is 1. The zero-order valence-electron chi connectivity index (χ0n) is 10.6. The lowest BCUT2D eigenvalue weighted by Gasteiger charge is -2.20. The molecule has 0 atom stereocenters. The normalized spacial score (nSPS) is 10.8. The van der Waals surface area contributed by atoms with Crippen molar-refractivity contribution < 1.29 is 5.11 Å². The highest BCUT2D eigenvalue weighted by atomic mass is 16.3. The molecule has 18 heavy (non-hydrogen) atoms. The zero-order chi connectivity index (χ0) is 12.8. The molecule has 2 rings (SSSR count). The molecule has 0 saturated heterocycles. The second-order valence-corrected chi connectivity index (χ2v) is 4.25. The monoisotopic (exact) mass is 242 g/mol. The summed E-state index contributed by atoms with van der Waals surface area (Å²) in [6, 6.07) is 13.4. The third kappa shape index (κ3) is 3.31. The van der Waals surface area contributed by atoms with Gasteiger partial charge in [-0.15, -0.1) is 0 Å². The lowest BCUT2D eigenvalue weighted by atomic mass is 10.2. The standard InChI is InChI=1S/C15H18N2O/c1-2-17(12-14-8-5-6-10-16-14)11-13-7-3-4-9-15(13)18/h3-10,18H,2,11-12H2,1H3. The van der Waals surface area contributed by atoms with Gasteiger partial charge >= 0.3 is 0 Å². The average Bonchev–Trinajstić information content (AvgIpc) is 2.41. The van der Waals surface area contributed by atoms with Gasteiger partial charge in [0.15, 0.2) is 0 Å². The Morgan fingerprint density at radius 2 is 1.83 bits per heavy atom. The summed E-state index contributed by atoms with van der Waals surface area (Å²) in [5.74, 6) is 0.358. The molecule has 0 radical (unpaired) electrons. The van der Waals surface area contributed by atoms with Crippen molar-refractivity contribution in [3.8, 4) is 5.75 Å². The first-order valence-corrected chi connectivity index (χ1v) is 6.18. The van der Waals surface area contributed by atoms with Crippen molar-refractivity contribution in [3.05, 3.63) is 59.9 Å².